The fourth-order valence-electron chi connectivity index (χ4n) is 1.75. The van der Waals surface area contributed by atoms with Gasteiger partial charge in [0, 0.05) is 12.2 Å². The Morgan fingerprint density at radius 3 is 2.29 bits per heavy atom. The molecule has 0 fully saturated rings. The van der Waals surface area contributed by atoms with Crippen LogP contribution in [0.4, 0.5) is 23.2 Å². The average Bonchev–Trinajstić information content (AvgIpc) is 2.45. The van der Waals surface area contributed by atoms with Crippen LogP contribution in [0.5, 0.6) is 0 Å². The quantitative estimate of drug-likeness (QED) is 0.855. The molecule has 2 aromatic rings. The van der Waals surface area contributed by atoms with Crippen LogP contribution in [0.3, 0.4) is 0 Å². The van der Waals surface area contributed by atoms with Crippen LogP contribution in [0.15, 0.2) is 42.5 Å². The van der Waals surface area contributed by atoms with E-state index in [0.29, 0.717) is 5.56 Å². The number of alkyl halides is 3. The van der Waals surface area contributed by atoms with E-state index in [9.17, 15) is 17.6 Å². The van der Waals surface area contributed by atoms with Crippen molar-refractivity contribution in [3.05, 3.63) is 65.0 Å². The molecule has 6 heteroatoms. The summed E-state index contributed by atoms with van der Waals surface area (Å²) in [5.41, 5.74) is 0.173. The molecule has 0 bridgehead atoms. The van der Waals surface area contributed by atoms with Crippen LogP contribution in [0.1, 0.15) is 16.7 Å². The molecule has 2 aromatic carbocycles. The second kappa shape index (κ2) is 5.83. The van der Waals surface area contributed by atoms with Crippen molar-refractivity contribution in [3.63, 3.8) is 0 Å². The topological polar surface area (TPSA) is 35.8 Å². The lowest BCUT2D eigenvalue weighted by Crippen LogP contribution is -2.09. The molecule has 108 valence electrons. The molecule has 0 aromatic heterocycles. The van der Waals surface area contributed by atoms with Gasteiger partial charge in [-0.2, -0.15) is 18.4 Å². The number of nitrogens with one attached hydrogen (secondary N) is 1. The third-order valence-corrected chi connectivity index (χ3v) is 2.85. The van der Waals surface area contributed by atoms with Gasteiger partial charge in [0.05, 0.1) is 17.2 Å². The molecule has 0 amide bonds. The van der Waals surface area contributed by atoms with E-state index in [-0.39, 0.29) is 12.2 Å². The zero-order valence-electron chi connectivity index (χ0n) is 10.7. The van der Waals surface area contributed by atoms with E-state index in [1.807, 2.05) is 6.07 Å². The van der Waals surface area contributed by atoms with Crippen molar-refractivity contribution in [2.24, 2.45) is 0 Å². The molecular formula is C15H10F4N2. The van der Waals surface area contributed by atoms with E-state index >= 15 is 0 Å². The van der Waals surface area contributed by atoms with Gasteiger partial charge in [-0.05, 0) is 35.9 Å². The SMILES string of the molecule is N#Cc1ccc(CNc2ccc(F)c(C(F)(F)F)c2)cc1. The molecule has 0 saturated carbocycles. The molecular weight excluding hydrogens is 284 g/mol. The number of benzene rings is 2. The Balaban J connectivity index is 2.11. The van der Waals surface area contributed by atoms with Gasteiger partial charge in [-0.25, -0.2) is 4.39 Å². The predicted octanol–water partition coefficient (Wildman–Crippen LogP) is 4.33. The van der Waals surface area contributed by atoms with Crippen LogP contribution < -0.4 is 5.32 Å². The van der Waals surface area contributed by atoms with Crippen molar-refractivity contribution in [3.8, 4) is 6.07 Å². The van der Waals surface area contributed by atoms with Crippen LogP contribution in [-0.2, 0) is 12.7 Å². The molecule has 0 aliphatic carbocycles. The van der Waals surface area contributed by atoms with Crippen LogP contribution in [0.2, 0.25) is 0 Å². The number of halogens is 4. The number of nitrogens with zero attached hydrogens (tertiary/aromatic N) is 1. The number of hydrogen-bond acceptors (Lipinski definition) is 2. The van der Waals surface area contributed by atoms with Crippen molar-refractivity contribution in [2.45, 2.75) is 12.7 Å². The number of hydrogen-bond donors (Lipinski definition) is 1. The molecule has 2 rings (SSSR count). The first-order chi connectivity index (χ1) is 9.90. The fraction of sp³-hybridized carbons (Fsp3) is 0.133. The van der Waals surface area contributed by atoms with Gasteiger partial charge in [0.1, 0.15) is 5.82 Å². The molecule has 2 nitrogen and oxygen atoms in total. The Kier molecular flexibility index (Phi) is 4.13. The Morgan fingerprint density at radius 1 is 1.05 bits per heavy atom. The van der Waals surface area contributed by atoms with Crippen molar-refractivity contribution >= 4 is 5.69 Å². The van der Waals surface area contributed by atoms with E-state index in [2.05, 4.69) is 5.32 Å². The maximum atomic E-state index is 13.1. The monoisotopic (exact) mass is 294 g/mol. The third-order valence-electron chi connectivity index (χ3n) is 2.85. The highest BCUT2D eigenvalue weighted by Crippen LogP contribution is 2.33. The second-order valence-corrected chi connectivity index (χ2v) is 4.35. The summed E-state index contributed by atoms with van der Waals surface area (Å²) in [6.07, 6.45) is -4.73. The molecule has 0 heterocycles. The minimum Gasteiger partial charge on any atom is -0.381 e. The van der Waals surface area contributed by atoms with Gasteiger partial charge in [0.15, 0.2) is 0 Å². The highest BCUT2D eigenvalue weighted by molar-refractivity contribution is 5.47. The van der Waals surface area contributed by atoms with Crippen molar-refractivity contribution in [2.75, 3.05) is 5.32 Å². The first-order valence-corrected chi connectivity index (χ1v) is 6.00. The van der Waals surface area contributed by atoms with Gasteiger partial charge in [0.25, 0.3) is 0 Å². The van der Waals surface area contributed by atoms with E-state index in [0.717, 1.165) is 17.7 Å². The molecule has 1 N–H and O–H groups in total. The summed E-state index contributed by atoms with van der Waals surface area (Å²) in [6.45, 7) is 0.272. The molecule has 0 atom stereocenters. The van der Waals surface area contributed by atoms with Gasteiger partial charge in [-0.1, -0.05) is 12.1 Å². The van der Waals surface area contributed by atoms with Crippen LogP contribution >= 0.6 is 0 Å². The van der Waals surface area contributed by atoms with Crippen LogP contribution in [0.25, 0.3) is 0 Å². The van der Waals surface area contributed by atoms with E-state index in [1.54, 1.807) is 24.3 Å². The molecule has 0 saturated heterocycles. The van der Waals surface area contributed by atoms with Crippen molar-refractivity contribution < 1.29 is 17.6 Å². The molecule has 0 aliphatic heterocycles. The molecule has 21 heavy (non-hydrogen) atoms. The Morgan fingerprint density at radius 2 is 1.71 bits per heavy atom. The molecule has 0 unspecified atom stereocenters. The number of nitriles is 1. The maximum Gasteiger partial charge on any atom is 0.419 e. The van der Waals surface area contributed by atoms with Gasteiger partial charge in [-0.3, -0.25) is 0 Å². The second-order valence-electron chi connectivity index (χ2n) is 4.35. The predicted molar refractivity (Wildman–Crippen MR) is 69.9 cm³/mol. The molecule has 0 aliphatic rings. The zero-order chi connectivity index (χ0) is 15.5. The highest BCUT2D eigenvalue weighted by Gasteiger charge is 2.34. The third kappa shape index (κ3) is 3.72. The summed E-state index contributed by atoms with van der Waals surface area (Å²) < 4.78 is 50.9. The highest BCUT2D eigenvalue weighted by atomic mass is 19.4. The summed E-state index contributed by atoms with van der Waals surface area (Å²) in [4.78, 5) is 0. The van der Waals surface area contributed by atoms with Gasteiger partial charge < -0.3 is 5.32 Å². The Labute approximate surface area is 118 Å². The van der Waals surface area contributed by atoms with E-state index in [4.69, 9.17) is 5.26 Å². The summed E-state index contributed by atoms with van der Waals surface area (Å²) in [6, 6.07) is 11.3. The smallest absolute Gasteiger partial charge is 0.381 e. The first kappa shape index (κ1) is 14.9. The Hall–Kier alpha value is -2.55. The lowest BCUT2D eigenvalue weighted by atomic mass is 10.1. The number of anilines is 1. The van der Waals surface area contributed by atoms with Gasteiger partial charge >= 0.3 is 6.18 Å². The standard InChI is InChI=1S/C15H10F4N2/c16-14-6-5-12(7-13(14)15(17,18)19)21-9-11-3-1-10(8-20)2-4-11/h1-7,21H,9H2. The largest absolute Gasteiger partial charge is 0.419 e. The molecule has 0 radical (unpaired) electrons. The van der Waals surface area contributed by atoms with E-state index < -0.39 is 17.6 Å². The van der Waals surface area contributed by atoms with Crippen LogP contribution in [-0.4, -0.2) is 0 Å². The summed E-state index contributed by atoms with van der Waals surface area (Å²) in [5, 5.41) is 11.5. The minimum absolute atomic E-state index is 0.174. The summed E-state index contributed by atoms with van der Waals surface area (Å²) in [5.74, 6) is -1.30. The van der Waals surface area contributed by atoms with Crippen molar-refractivity contribution in [1.29, 1.82) is 5.26 Å². The average molecular weight is 294 g/mol. The first-order valence-electron chi connectivity index (χ1n) is 6.00. The lowest BCUT2D eigenvalue weighted by molar-refractivity contribution is -0.139. The van der Waals surface area contributed by atoms with Crippen molar-refractivity contribution in [1.82, 2.24) is 0 Å². The normalized spacial score (nSPS) is 11.0. The zero-order valence-corrected chi connectivity index (χ0v) is 10.7. The van der Waals surface area contributed by atoms with Gasteiger partial charge in [-0.15, -0.1) is 0 Å². The summed E-state index contributed by atoms with van der Waals surface area (Å²) >= 11 is 0. The Bertz CT molecular complexity index is 670. The maximum absolute atomic E-state index is 13.1. The molecule has 0 spiro atoms. The lowest BCUT2D eigenvalue weighted by Gasteiger charge is -2.11. The summed E-state index contributed by atoms with van der Waals surface area (Å²) in [7, 11) is 0. The van der Waals surface area contributed by atoms with Gasteiger partial charge in [0.2, 0.25) is 0 Å². The fourth-order valence-corrected chi connectivity index (χ4v) is 1.75. The minimum atomic E-state index is -4.73. The number of rotatable bonds is 3. The van der Waals surface area contributed by atoms with Crippen LogP contribution in [0, 0.1) is 17.1 Å². The van der Waals surface area contributed by atoms with E-state index in [1.165, 1.54) is 6.07 Å².